The smallest absolute Gasteiger partial charge is 0.165 e. The number of fused-ring (bicyclic) bond motifs is 1. The van der Waals surface area contributed by atoms with Gasteiger partial charge in [-0.05, 0) is 12.1 Å². The number of rotatable bonds is 2. The van der Waals surface area contributed by atoms with Gasteiger partial charge < -0.3 is 10.2 Å². The summed E-state index contributed by atoms with van der Waals surface area (Å²) in [7, 11) is 0. The van der Waals surface area contributed by atoms with Crippen molar-refractivity contribution in [1.82, 2.24) is 19.9 Å². The van der Waals surface area contributed by atoms with Crippen LogP contribution >= 0.6 is 11.6 Å². The monoisotopic (exact) mass is 331 g/mol. The van der Waals surface area contributed by atoms with Crippen LogP contribution in [0.4, 0.5) is 10.2 Å². The molecule has 0 saturated carbocycles. The van der Waals surface area contributed by atoms with Crippen LogP contribution in [0.15, 0.2) is 36.7 Å². The first-order valence-corrected chi connectivity index (χ1v) is 7.86. The normalized spacial score (nSPS) is 15.3. The maximum absolute atomic E-state index is 13.7. The van der Waals surface area contributed by atoms with Crippen molar-refractivity contribution in [3.05, 3.63) is 47.5 Å². The molecule has 0 aliphatic carbocycles. The highest BCUT2D eigenvalue weighted by Crippen LogP contribution is 2.33. The first-order valence-electron chi connectivity index (χ1n) is 7.48. The second-order valence-electron chi connectivity index (χ2n) is 5.44. The van der Waals surface area contributed by atoms with Crippen LogP contribution in [0.5, 0.6) is 0 Å². The third-order valence-electron chi connectivity index (χ3n) is 4.06. The van der Waals surface area contributed by atoms with Crippen molar-refractivity contribution in [2.24, 2.45) is 0 Å². The van der Waals surface area contributed by atoms with Crippen molar-refractivity contribution >= 4 is 23.1 Å². The standard InChI is InChI=1S/C16H15ClFN5/c17-15-11(2-1-3-13(15)18)12-10-21-23-14(4-5-20-16(12)23)22-8-6-19-7-9-22/h1-5,10,19H,6-9H2. The summed E-state index contributed by atoms with van der Waals surface area (Å²) in [5, 5.41) is 7.88. The third-order valence-corrected chi connectivity index (χ3v) is 4.45. The number of aromatic nitrogens is 3. The van der Waals surface area contributed by atoms with Gasteiger partial charge in [-0.3, -0.25) is 0 Å². The molecule has 0 bridgehead atoms. The van der Waals surface area contributed by atoms with Crippen molar-refractivity contribution in [3.8, 4) is 11.1 Å². The van der Waals surface area contributed by atoms with Crippen LogP contribution in [-0.2, 0) is 0 Å². The van der Waals surface area contributed by atoms with Gasteiger partial charge in [-0.15, -0.1) is 0 Å². The van der Waals surface area contributed by atoms with Gasteiger partial charge in [0.2, 0.25) is 0 Å². The summed E-state index contributed by atoms with van der Waals surface area (Å²) in [4.78, 5) is 6.68. The largest absolute Gasteiger partial charge is 0.354 e. The predicted molar refractivity (Wildman–Crippen MR) is 88.5 cm³/mol. The quantitative estimate of drug-likeness (QED) is 0.784. The van der Waals surface area contributed by atoms with E-state index in [9.17, 15) is 4.39 Å². The SMILES string of the molecule is Fc1cccc(-c2cnn3c(N4CCNCC4)ccnc23)c1Cl. The highest BCUT2D eigenvalue weighted by Gasteiger charge is 2.18. The Hall–Kier alpha value is -2.18. The Kier molecular flexibility index (Phi) is 3.63. The molecule has 118 valence electrons. The molecule has 4 rings (SSSR count). The summed E-state index contributed by atoms with van der Waals surface area (Å²) < 4.78 is 15.5. The lowest BCUT2D eigenvalue weighted by Gasteiger charge is -2.29. The van der Waals surface area contributed by atoms with E-state index in [1.807, 2.05) is 6.07 Å². The molecule has 5 nitrogen and oxygen atoms in total. The topological polar surface area (TPSA) is 45.5 Å². The lowest BCUT2D eigenvalue weighted by Crippen LogP contribution is -2.44. The summed E-state index contributed by atoms with van der Waals surface area (Å²) >= 11 is 6.12. The van der Waals surface area contributed by atoms with Crippen LogP contribution in [0.1, 0.15) is 0 Å². The number of anilines is 1. The van der Waals surface area contributed by atoms with Gasteiger partial charge in [-0.25, -0.2) is 9.37 Å². The van der Waals surface area contributed by atoms with Gasteiger partial charge in [0, 0.05) is 43.5 Å². The van der Waals surface area contributed by atoms with E-state index in [-0.39, 0.29) is 5.02 Å². The lowest BCUT2D eigenvalue weighted by atomic mass is 10.1. The molecule has 2 aromatic heterocycles. The second-order valence-corrected chi connectivity index (χ2v) is 5.81. The fourth-order valence-corrected chi connectivity index (χ4v) is 3.14. The molecule has 0 atom stereocenters. The molecule has 0 amide bonds. The number of benzene rings is 1. The van der Waals surface area contributed by atoms with E-state index in [0.29, 0.717) is 11.2 Å². The van der Waals surface area contributed by atoms with Crippen molar-refractivity contribution in [1.29, 1.82) is 0 Å². The molecular weight excluding hydrogens is 317 g/mol. The van der Waals surface area contributed by atoms with Gasteiger partial charge in [-0.1, -0.05) is 23.7 Å². The molecule has 0 radical (unpaired) electrons. The van der Waals surface area contributed by atoms with Gasteiger partial charge >= 0.3 is 0 Å². The highest BCUT2D eigenvalue weighted by atomic mass is 35.5. The van der Waals surface area contributed by atoms with Gasteiger partial charge in [0.15, 0.2) is 5.65 Å². The molecular formula is C16H15ClFN5. The summed E-state index contributed by atoms with van der Waals surface area (Å²) in [6.45, 7) is 3.70. The third kappa shape index (κ3) is 2.44. The lowest BCUT2D eigenvalue weighted by molar-refractivity contribution is 0.580. The van der Waals surface area contributed by atoms with Crippen molar-refractivity contribution < 1.29 is 4.39 Å². The maximum atomic E-state index is 13.7. The molecule has 1 N–H and O–H groups in total. The van der Waals surface area contributed by atoms with E-state index in [0.717, 1.165) is 37.6 Å². The van der Waals surface area contributed by atoms with Crippen LogP contribution < -0.4 is 10.2 Å². The van der Waals surface area contributed by atoms with Crippen LogP contribution in [0.3, 0.4) is 0 Å². The van der Waals surface area contributed by atoms with Gasteiger partial charge in [0.05, 0.1) is 11.2 Å². The Balaban J connectivity index is 1.86. The van der Waals surface area contributed by atoms with Gasteiger partial charge in [-0.2, -0.15) is 9.61 Å². The molecule has 1 aliphatic heterocycles. The average molecular weight is 332 g/mol. The molecule has 23 heavy (non-hydrogen) atoms. The van der Waals surface area contributed by atoms with Crippen molar-refractivity contribution in [3.63, 3.8) is 0 Å². The van der Waals surface area contributed by atoms with E-state index in [1.165, 1.54) is 6.07 Å². The molecule has 3 heterocycles. The number of halogens is 2. The molecule has 0 spiro atoms. The number of nitrogens with zero attached hydrogens (tertiary/aromatic N) is 4. The van der Waals surface area contributed by atoms with Crippen LogP contribution in [-0.4, -0.2) is 40.8 Å². The summed E-state index contributed by atoms with van der Waals surface area (Å²) in [5.74, 6) is 0.539. The van der Waals surface area contributed by atoms with Crippen LogP contribution in [0, 0.1) is 5.82 Å². The first kappa shape index (κ1) is 14.4. The summed E-state index contributed by atoms with van der Waals surface area (Å²) in [6, 6.07) is 6.71. The Bertz CT molecular complexity index is 857. The zero-order valence-corrected chi connectivity index (χ0v) is 13.1. The Labute approximate surface area is 137 Å². The van der Waals surface area contributed by atoms with E-state index in [1.54, 1.807) is 29.0 Å². The van der Waals surface area contributed by atoms with Gasteiger partial charge in [0.1, 0.15) is 11.6 Å². The average Bonchev–Trinajstić information content (AvgIpc) is 3.02. The van der Waals surface area contributed by atoms with Crippen molar-refractivity contribution in [2.45, 2.75) is 0 Å². The van der Waals surface area contributed by atoms with E-state index in [2.05, 4.69) is 20.3 Å². The first-order chi connectivity index (χ1) is 11.3. The molecule has 1 aliphatic rings. The number of hydrogen-bond acceptors (Lipinski definition) is 4. The zero-order valence-electron chi connectivity index (χ0n) is 12.3. The molecule has 1 aromatic carbocycles. The van der Waals surface area contributed by atoms with E-state index in [4.69, 9.17) is 11.6 Å². The molecule has 0 unspecified atom stereocenters. The van der Waals surface area contributed by atoms with E-state index < -0.39 is 5.82 Å². The Morgan fingerprint density at radius 2 is 1.96 bits per heavy atom. The molecule has 3 aromatic rings. The van der Waals surface area contributed by atoms with Crippen molar-refractivity contribution in [2.75, 3.05) is 31.1 Å². The summed E-state index contributed by atoms with van der Waals surface area (Å²) in [6.07, 6.45) is 3.44. The molecule has 1 fully saturated rings. The molecule has 1 saturated heterocycles. The van der Waals surface area contributed by atoms with Crippen LogP contribution in [0.25, 0.3) is 16.8 Å². The highest BCUT2D eigenvalue weighted by molar-refractivity contribution is 6.33. The second kappa shape index (κ2) is 5.79. The fourth-order valence-electron chi connectivity index (χ4n) is 2.91. The minimum atomic E-state index is -0.443. The number of hydrogen-bond donors (Lipinski definition) is 1. The predicted octanol–water partition coefficient (Wildman–Crippen LogP) is 2.60. The number of nitrogens with one attached hydrogen (secondary N) is 1. The fraction of sp³-hybridized carbons (Fsp3) is 0.250. The Morgan fingerprint density at radius 1 is 1.13 bits per heavy atom. The zero-order chi connectivity index (χ0) is 15.8. The minimum absolute atomic E-state index is 0.0942. The molecule has 7 heteroatoms. The summed E-state index contributed by atoms with van der Waals surface area (Å²) in [5.41, 5.74) is 2.01. The number of piperazine rings is 1. The Morgan fingerprint density at radius 3 is 2.78 bits per heavy atom. The maximum Gasteiger partial charge on any atom is 0.165 e. The minimum Gasteiger partial charge on any atom is -0.354 e. The van der Waals surface area contributed by atoms with E-state index >= 15 is 0 Å². The van der Waals surface area contributed by atoms with Gasteiger partial charge in [0.25, 0.3) is 0 Å². The van der Waals surface area contributed by atoms with Crippen LogP contribution in [0.2, 0.25) is 5.02 Å².